The van der Waals surface area contributed by atoms with Crippen LogP contribution in [-0.2, 0) is 9.59 Å². The van der Waals surface area contributed by atoms with Crippen molar-refractivity contribution in [3.8, 4) is 0 Å². The average molecular weight is 420 g/mol. The third kappa shape index (κ3) is 6.00. The Labute approximate surface area is 174 Å². The molecule has 0 bridgehead atoms. The van der Waals surface area contributed by atoms with Crippen LogP contribution in [0, 0.1) is 10.1 Å². The van der Waals surface area contributed by atoms with Crippen molar-refractivity contribution in [2.24, 2.45) is 0 Å². The zero-order valence-corrected chi connectivity index (χ0v) is 17.0. The molecule has 2 aromatic carbocycles. The van der Waals surface area contributed by atoms with Crippen molar-refractivity contribution in [3.05, 3.63) is 69.2 Å². The van der Waals surface area contributed by atoms with Gasteiger partial charge in [-0.2, -0.15) is 0 Å². The van der Waals surface area contributed by atoms with E-state index in [1.54, 1.807) is 0 Å². The van der Waals surface area contributed by atoms with E-state index in [1.165, 1.54) is 18.2 Å². The highest BCUT2D eigenvalue weighted by atomic mass is 35.5. The normalized spacial score (nSPS) is 12.7. The highest BCUT2D eigenvalue weighted by Gasteiger charge is 2.32. The minimum Gasteiger partial charge on any atom is -0.351 e. The van der Waals surface area contributed by atoms with E-state index < -0.39 is 11.0 Å². The predicted octanol–water partition coefficient (Wildman–Crippen LogP) is 1.97. The predicted molar refractivity (Wildman–Crippen MR) is 111 cm³/mol. The highest BCUT2D eigenvalue weighted by molar-refractivity contribution is 6.34. The van der Waals surface area contributed by atoms with Gasteiger partial charge in [-0.05, 0) is 19.9 Å². The van der Waals surface area contributed by atoms with Gasteiger partial charge in [-0.25, -0.2) is 0 Å². The van der Waals surface area contributed by atoms with Gasteiger partial charge in [0, 0.05) is 24.2 Å². The van der Waals surface area contributed by atoms with Crippen LogP contribution in [0.15, 0.2) is 48.5 Å². The Morgan fingerprint density at radius 3 is 2.41 bits per heavy atom. The molecule has 0 saturated carbocycles. The van der Waals surface area contributed by atoms with Crippen molar-refractivity contribution in [1.29, 1.82) is 0 Å². The molecule has 3 N–H and O–H groups in total. The van der Waals surface area contributed by atoms with E-state index in [9.17, 15) is 19.7 Å². The molecule has 0 saturated heterocycles. The molecular formula is C20H24ClN4O4+. The van der Waals surface area contributed by atoms with E-state index >= 15 is 0 Å². The number of rotatable bonds is 9. The number of carbonyl (C=O) groups excluding carboxylic acids is 2. The van der Waals surface area contributed by atoms with Gasteiger partial charge in [0.2, 0.25) is 0 Å². The van der Waals surface area contributed by atoms with Crippen LogP contribution in [0.2, 0.25) is 5.02 Å². The van der Waals surface area contributed by atoms with Gasteiger partial charge in [0.05, 0.1) is 22.2 Å². The van der Waals surface area contributed by atoms with E-state index in [1.807, 2.05) is 44.2 Å². The minimum atomic E-state index is -0.657. The lowest BCUT2D eigenvalue weighted by Gasteiger charge is -2.27. The molecule has 0 radical (unpaired) electrons. The van der Waals surface area contributed by atoms with Crippen LogP contribution in [0.1, 0.15) is 25.5 Å². The monoisotopic (exact) mass is 419 g/mol. The summed E-state index contributed by atoms with van der Waals surface area (Å²) in [5.41, 5.74) is 0.866. The Bertz CT molecular complexity index is 876. The van der Waals surface area contributed by atoms with E-state index in [4.69, 9.17) is 11.6 Å². The molecule has 29 heavy (non-hydrogen) atoms. The fourth-order valence-electron chi connectivity index (χ4n) is 3.04. The number of likely N-dealkylation sites (N-methyl/N-ethyl adjacent to an activating group) is 2. The summed E-state index contributed by atoms with van der Waals surface area (Å²) in [6.45, 7) is 4.91. The largest absolute Gasteiger partial charge is 0.351 e. The molecule has 2 amide bonds. The first-order chi connectivity index (χ1) is 13.9. The molecule has 0 heterocycles. The molecule has 0 aliphatic carbocycles. The van der Waals surface area contributed by atoms with E-state index in [0.717, 1.165) is 10.5 Å². The Kier molecular flexibility index (Phi) is 8.11. The molecule has 0 aliphatic rings. The first kappa shape index (κ1) is 22.3. The van der Waals surface area contributed by atoms with Gasteiger partial charge >= 0.3 is 0 Å². The SMILES string of the molecule is CCNC(=O)C[NH+](CC)[C@@H](C(=O)Nc1ccc([N+](=O)[O-])cc1Cl)c1ccccc1. The first-order valence-electron chi connectivity index (χ1n) is 9.28. The van der Waals surface area contributed by atoms with Crippen LogP contribution in [0.25, 0.3) is 0 Å². The maximum atomic E-state index is 13.2. The second kappa shape index (κ2) is 10.5. The fourth-order valence-corrected chi connectivity index (χ4v) is 3.26. The van der Waals surface area contributed by atoms with Crippen LogP contribution in [0.3, 0.4) is 0 Å². The standard InChI is InChI=1S/C20H23ClN4O4/c1-3-22-18(26)13-24(4-2)19(14-8-6-5-7-9-14)20(27)23-17-11-10-15(25(28)29)12-16(17)21/h5-12,19H,3-4,13H2,1-2H3,(H,22,26)(H,23,27)/p+1/t19-/m1/s1. The van der Waals surface area contributed by atoms with Crippen LogP contribution in [0.4, 0.5) is 11.4 Å². The van der Waals surface area contributed by atoms with Crippen LogP contribution < -0.4 is 15.5 Å². The van der Waals surface area contributed by atoms with Crippen molar-refractivity contribution >= 4 is 34.8 Å². The molecule has 0 fully saturated rings. The molecule has 154 valence electrons. The number of nitro groups is 1. The molecule has 9 heteroatoms. The van der Waals surface area contributed by atoms with Gasteiger partial charge in [0.1, 0.15) is 0 Å². The van der Waals surface area contributed by atoms with Gasteiger partial charge in [-0.3, -0.25) is 19.7 Å². The molecule has 1 unspecified atom stereocenters. The number of benzene rings is 2. The van der Waals surface area contributed by atoms with Gasteiger partial charge in [-0.15, -0.1) is 0 Å². The second-order valence-corrected chi connectivity index (χ2v) is 6.80. The number of carbonyl (C=O) groups is 2. The number of hydrogen-bond acceptors (Lipinski definition) is 4. The number of anilines is 1. The first-order valence-corrected chi connectivity index (χ1v) is 9.66. The molecule has 2 aromatic rings. The molecule has 2 rings (SSSR count). The Balaban J connectivity index is 2.32. The maximum Gasteiger partial charge on any atom is 0.287 e. The summed E-state index contributed by atoms with van der Waals surface area (Å²) in [6, 6.07) is 12.4. The summed E-state index contributed by atoms with van der Waals surface area (Å²) in [7, 11) is 0. The van der Waals surface area contributed by atoms with Crippen molar-refractivity contribution < 1.29 is 19.4 Å². The average Bonchev–Trinajstić information content (AvgIpc) is 2.69. The maximum absolute atomic E-state index is 13.2. The number of hydrogen-bond donors (Lipinski definition) is 3. The van der Waals surface area contributed by atoms with Crippen LogP contribution in [0.5, 0.6) is 0 Å². The van der Waals surface area contributed by atoms with Crippen molar-refractivity contribution in [3.63, 3.8) is 0 Å². The fraction of sp³-hybridized carbons (Fsp3) is 0.300. The quantitative estimate of drug-likeness (QED) is 0.426. The minimum absolute atomic E-state index is 0.0705. The van der Waals surface area contributed by atoms with Crippen LogP contribution in [-0.4, -0.2) is 36.4 Å². The lowest BCUT2D eigenvalue weighted by Crippen LogP contribution is -3.14. The second-order valence-electron chi connectivity index (χ2n) is 6.40. The summed E-state index contributed by atoms with van der Waals surface area (Å²) in [5, 5.41) is 16.5. The summed E-state index contributed by atoms with van der Waals surface area (Å²) in [5.74, 6) is -0.500. The number of nitrogens with zero attached hydrogens (tertiary/aromatic N) is 1. The molecule has 0 aliphatic heterocycles. The summed E-state index contributed by atoms with van der Waals surface area (Å²) >= 11 is 6.12. The third-order valence-electron chi connectivity index (χ3n) is 4.44. The number of nitrogens with one attached hydrogen (secondary N) is 3. The number of nitro benzene ring substituents is 1. The number of halogens is 1. The molecule has 0 aromatic heterocycles. The number of amides is 2. The molecular weight excluding hydrogens is 396 g/mol. The van der Waals surface area contributed by atoms with Crippen molar-refractivity contribution in [2.75, 3.05) is 25.0 Å². The van der Waals surface area contributed by atoms with Gasteiger partial charge in [-0.1, -0.05) is 41.9 Å². The molecule has 0 spiro atoms. The Morgan fingerprint density at radius 1 is 1.17 bits per heavy atom. The Hall–Kier alpha value is -2.97. The lowest BCUT2D eigenvalue weighted by molar-refractivity contribution is -0.912. The Morgan fingerprint density at radius 2 is 1.86 bits per heavy atom. The molecule has 8 nitrogen and oxygen atoms in total. The van der Waals surface area contributed by atoms with Gasteiger partial charge in [0.25, 0.3) is 17.5 Å². The summed E-state index contributed by atoms with van der Waals surface area (Å²) < 4.78 is 0. The number of non-ortho nitro benzene ring substituents is 1. The summed E-state index contributed by atoms with van der Waals surface area (Å²) in [4.78, 5) is 36.4. The van der Waals surface area contributed by atoms with Crippen molar-refractivity contribution in [1.82, 2.24) is 5.32 Å². The zero-order chi connectivity index (χ0) is 21.4. The topological polar surface area (TPSA) is 106 Å². The van der Waals surface area contributed by atoms with Crippen LogP contribution >= 0.6 is 11.6 Å². The van der Waals surface area contributed by atoms with Gasteiger partial charge in [0.15, 0.2) is 12.6 Å². The lowest BCUT2D eigenvalue weighted by atomic mass is 10.0. The highest BCUT2D eigenvalue weighted by Crippen LogP contribution is 2.27. The van der Waals surface area contributed by atoms with Gasteiger partial charge < -0.3 is 15.5 Å². The molecule has 2 atom stereocenters. The zero-order valence-electron chi connectivity index (χ0n) is 16.3. The summed E-state index contributed by atoms with van der Waals surface area (Å²) in [6.07, 6.45) is 0. The van der Waals surface area contributed by atoms with E-state index in [2.05, 4.69) is 10.6 Å². The number of quaternary nitrogens is 1. The third-order valence-corrected chi connectivity index (χ3v) is 4.75. The van der Waals surface area contributed by atoms with E-state index in [-0.39, 0.29) is 34.8 Å². The van der Waals surface area contributed by atoms with Crippen molar-refractivity contribution in [2.45, 2.75) is 19.9 Å². The smallest absolute Gasteiger partial charge is 0.287 e. The van der Waals surface area contributed by atoms with E-state index in [0.29, 0.717) is 13.1 Å².